The summed E-state index contributed by atoms with van der Waals surface area (Å²) in [5.74, 6) is -2.29. The van der Waals surface area contributed by atoms with Crippen LogP contribution >= 0.6 is 11.6 Å². The number of rotatable bonds is 4. The van der Waals surface area contributed by atoms with E-state index in [-0.39, 0.29) is 64.8 Å². The number of carbonyl (C=O) groups is 1. The SMILES string of the molecule is Cc1cc2cc(c1F)CNC(=O)C(n1cc(CCN3CC(F)C3)c(C(F)(F)F)cc1=O)c1cc(ccc1F)Oc1cccc(Cl)c1-2. The molecule has 1 saturated heterocycles. The Morgan fingerprint density at radius 3 is 2.52 bits per heavy atom. The molecule has 6 nitrogen and oxygen atoms in total. The highest BCUT2D eigenvalue weighted by atomic mass is 35.5. The van der Waals surface area contributed by atoms with Crippen molar-refractivity contribution in [2.24, 2.45) is 0 Å². The topological polar surface area (TPSA) is 63.6 Å². The molecule has 4 bridgehead atoms. The van der Waals surface area contributed by atoms with Gasteiger partial charge in [-0.25, -0.2) is 13.2 Å². The van der Waals surface area contributed by atoms with Crippen LogP contribution in [0.3, 0.4) is 0 Å². The zero-order valence-electron chi connectivity index (χ0n) is 24.2. The maximum atomic E-state index is 15.6. The van der Waals surface area contributed by atoms with E-state index in [0.717, 1.165) is 16.8 Å². The van der Waals surface area contributed by atoms with Crippen LogP contribution in [0.15, 0.2) is 65.6 Å². The fourth-order valence-corrected chi connectivity index (χ4v) is 6.10. The molecule has 2 aliphatic rings. The highest BCUT2D eigenvalue weighted by Crippen LogP contribution is 2.41. The molecule has 13 heteroatoms. The summed E-state index contributed by atoms with van der Waals surface area (Å²) < 4.78 is 93.2. The highest BCUT2D eigenvalue weighted by Gasteiger charge is 2.37. The standard InChI is InChI=1S/C33H26ClF6N3O3/c1-17-9-19-10-20(30(17)37)13-41-32(45)31(23-11-22(5-6-26(23)36)46-27-4-2-3-25(34)29(19)27)43-14-18(7-8-42-15-21(35)16-42)24(12-28(43)44)33(38,39)40/h2-6,9-12,14,21,31H,7-8,13,15-16H2,1H3,(H,41,45). The number of amides is 1. The lowest BCUT2D eigenvalue weighted by Crippen LogP contribution is -2.49. The molecule has 4 aromatic rings. The largest absolute Gasteiger partial charge is 0.457 e. The quantitative estimate of drug-likeness (QED) is 0.240. The summed E-state index contributed by atoms with van der Waals surface area (Å²) in [4.78, 5) is 28.8. The molecule has 240 valence electrons. The first kappa shape index (κ1) is 31.7. The van der Waals surface area contributed by atoms with E-state index < -0.39 is 53.6 Å². The number of nitrogens with zero attached hydrogens (tertiary/aromatic N) is 2. The number of ether oxygens (including phenoxy) is 1. The molecule has 1 unspecified atom stereocenters. The summed E-state index contributed by atoms with van der Waals surface area (Å²) in [6.45, 7) is 1.32. The van der Waals surface area contributed by atoms with Gasteiger partial charge in [-0.2, -0.15) is 13.2 Å². The third-order valence-electron chi connectivity index (χ3n) is 8.14. The maximum Gasteiger partial charge on any atom is 0.416 e. The van der Waals surface area contributed by atoms with Crippen LogP contribution in [0, 0.1) is 18.6 Å². The zero-order chi connectivity index (χ0) is 32.9. The van der Waals surface area contributed by atoms with E-state index in [9.17, 15) is 27.2 Å². The Morgan fingerprint density at radius 1 is 1.04 bits per heavy atom. The van der Waals surface area contributed by atoms with Gasteiger partial charge in [-0.3, -0.25) is 19.1 Å². The van der Waals surface area contributed by atoms with Gasteiger partial charge in [-0.1, -0.05) is 17.7 Å². The van der Waals surface area contributed by atoms with Crippen LogP contribution in [-0.4, -0.2) is 41.2 Å². The summed E-state index contributed by atoms with van der Waals surface area (Å²) in [7, 11) is 0. The van der Waals surface area contributed by atoms with E-state index in [1.165, 1.54) is 25.1 Å². The molecule has 1 atom stereocenters. The lowest BCUT2D eigenvalue weighted by Gasteiger charge is -2.34. The monoisotopic (exact) mass is 661 g/mol. The van der Waals surface area contributed by atoms with Crippen molar-refractivity contribution < 1.29 is 35.9 Å². The van der Waals surface area contributed by atoms with Gasteiger partial charge in [0.1, 0.15) is 35.3 Å². The Kier molecular flexibility index (Phi) is 8.36. The number of carbonyl (C=O) groups excluding carboxylic acids is 1. The number of likely N-dealkylation sites (tertiary alicyclic amines) is 1. The first-order chi connectivity index (χ1) is 21.8. The molecular weight excluding hydrogens is 636 g/mol. The number of hydrogen-bond acceptors (Lipinski definition) is 4. The van der Waals surface area contributed by atoms with Gasteiger partial charge in [-0.05, 0) is 72.5 Å². The molecule has 0 radical (unpaired) electrons. The van der Waals surface area contributed by atoms with Gasteiger partial charge in [0.25, 0.3) is 5.56 Å². The van der Waals surface area contributed by atoms with Crippen molar-refractivity contribution in [3.05, 3.63) is 116 Å². The van der Waals surface area contributed by atoms with Crippen molar-refractivity contribution in [1.82, 2.24) is 14.8 Å². The minimum Gasteiger partial charge on any atom is -0.457 e. The van der Waals surface area contributed by atoms with Crippen LogP contribution in [0.5, 0.6) is 11.5 Å². The first-order valence-corrected chi connectivity index (χ1v) is 14.7. The number of alkyl halides is 4. The molecule has 0 saturated carbocycles. The average molecular weight is 662 g/mol. The fourth-order valence-electron chi connectivity index (χ4n) is 5.83. The minimum atomic E-state index is -4.91. The molecule has 1 amide bonds. The number of fused-ring (bicyclic) bond motifs is 6. The van der Waals surface area contributed by atoms with Crippen LogP contribution in [0.25, 0.3) is 11.1 Å². The predicted octanol–water partition coefficient (Wildman–Crippen LogP) is 6.98. The van der Waals surface area contributed by atoms with E-state index in [1.807, 2.05) is 0 Å². The Hall–Kier alpha value is -4.29. The van der Waals surface area contributed by atoms with Crippen molar-refractivity contribution in [1.29, 1.82) is 0 Å². The number of nitrogens with one attached hydrogen (secondary N) is 1. The van der Waals surface area contributed by atoms with Crippen molar-refractivity contribution in [3.63, 3.8) is 0 Å². The summed E-state index contributed by atoms with van der Waals surface area (Å²) >= 11 is 6.55. The Morgan fingerprint density at radius 2 is 1.80 bits per heavy atom. The number of pyridine rings is 1. The zero-order valence-corrected chi connectivity index (χ0v) is 25.0. The van der Waals surface area contributed by atoms with Gasteiger partial charge in [-0.15, -0.1) is 0 Å². The fraction of sp³-hybridized carbons (Fsp3) is 0.273. The van der Waals surface area contributed by atoms with Gasteiger partial charge < -0.3 is 10.1 Å². The van der Waals surface area contributed by atoms with Crippen molar-refractivity contribution in [2.45, 2.75) is 38.3 Å². The second-order valence-corrected chi connectivity index (χ2v) is 11.8. The predicted molar refractivity (Wildman–Crippen MR) is 159 cm³/mol. The molecule has 1 aromatic heterocycles. The van der Waals surface area contributed by atoms with Gasteiger partial charge >= 0.3 is 6.18 Å². The minimum absolute atomic E-state index is 0.0368. The van der Waals surface area contributed by atoms with Gasteiger partial charge in [0.2, 0.25) is 5.91 Å². The van der Waals surface area contributed by atoms with E-state index in [4.69, 9.17) is 16.3 Å². The molecule has 0 aliphatic carbocycles. The molecule has 3 heterocycles. The molecule has 2 aliphatic heterocycles. The first-order valence-electron chi connectivity index (χ1n) is 14.3. The van der Waals surface area contributed by atoms with Gasteiger partial charge in [0.05, 0.1) is 10.6 Å². The second kappa shape index (κ2) is 12.1. The second-order valence-electron chi connectivity index (χ2n) is 11.3. The Bertz CT molecular complexity index is 1910. The van der Waals surface area contributed by atoms with Crippen molar-refractivity contribution >= 4 is 17.5 Å². The van der Waals surface area contributed by atoms with E-state index in [0.29, 0.717) is 17.2 Å². The molecule has 46 heavy (non-hydrogen) atoms. The lowest BCUT2D eigenvalue weighted by atomic mass is 9.98. The Labute approximate surface area is 264 Å². The van der Waals surface area contributed by atoms with Crippen molar-refractivity contribution in [3.8, 4) is 22.6 Å². The summed E-state index contributed by atoms with van der Waals surface area (Å²) in [6, 6.07) is 9.87. The number of benzene rings is 3. The molecule has 1 fully saturated rings. The van der Waals surface area contributed by atoms with Crippen LogP contribution < -0.4 is 15.6 Å². The van der Waals surface area contributed by atoms with Gasteiger partial charge in [0.15, 0.2) is 0 Å². The third kappa shape index (κ3) is 6.11. The molecule has 1 N–H and O–H groups in total. The number of halogens is 7. The van der Waals surface area contributed by atoms with Crippen LogP contribution in [0.4, 0.5) is 26.3 Å². The normalized spacial score (nSPS) is 17.1. The van der Waals surface area contributed by atoms with E-state index in [2.05, 4.69) is 5.32 Å². The smallest absolute Gasteiger partial charge is 0.416 e. The van der Waals surface area contributed by atoms with E-state index in [1.54, 1.807) is 29.2 Å². The number of aromatic nitrogens is 1. The molecule has 0 spiro atoms. The van der Waals surface area contributed by atoms with Crippen LogP contribution in [0.2, 0.25) is 5.02 Å². The molecule has 6 rings (SSSR count). The third-order valence-corrected chi connectivity index (χ3v) is 8.46. The van der Waals surface area contributed by atoms with Crippen LogP contribution in [0.1, 0.15) is 33.9 Å². The van der Waals surface area contributed by atoms with Gasteiger partial charge in [0, 0.05) is 55.1 Å². The number of aryl methyl sites for hydroxylation is 1. The molecular formula is C33H26ClF6N3O3. The molecule has 3 aromatic carbocycles. The van der Waals surface area contributed by atoms with Crippen LogP contribution in [-0.2, 0) is 23.9 Å². The summed E-state index contributed by atoms with van der Waals surface area (Å²) in [5, 5.41) is 2.81. The summed E-state index contributed by atoms with van der Waals surface area (Å²) in [6.07, 6.45) is -5.33. The Balaban J connectivity index is 1.52. The summed E-state index contributed by atoms with van der Waals surface area (Å²) in [5.41, 5.74) is -1.99. The average Bonchev–Trinajstić information content (AvgIpc) is 2.98. The van der Waals surface area contributed by atoms with Crippen molar-refractivity contribution in [2.75, 3.05) is 19.6 Å². The van der Waals surface area contributed by atoms with E-state index >= 15 is 8.78 Å². The maximum absolute atomic E-state index is 15.6. The number of hydrogen-bond donors (Lipinski definition) is 1. The highest BCUT2D eigenvalue weighted by molar-refractivity contribution is 6.33. The lowest BCUT2D eigenvalue weighted by molar-refractivity contribution is -0.138.